The Labute approximate surface area is 143 Å². The van der Waals surface area contributed by atoms with Crippen molar-refractivity contribution in [2.24, 2.45) is 0 Å². The van der Waals surface area contributed by atoms with Crippen molar-refractivity contribution >= 4 is 28.8 Å². The fraction of sp³-hybridized carbons (Fsp3) is 0.111. The van der Waals surface area contributed by atoms with Crippen LogP contribution in [0.2, 0.25) is 0 Å². The molecule has 0 saturated heterocycles. The highest BCUT2D eigenvalue weighted by Crippen LogP contribution is 2.17. The van der Waals surface area contributed by atoms with E-state index in [0.29, 0.717) is 21.9 Å². The van der Waals surface area contributed by atoms with Crippen molar-refractivity contribution in [3.8, 4) is 0 Å². The molecule has 2 amide bonds. The summed E-state index contributed by atoms with van der Waals surface area (Å²) in [5.74, 6) is 0.267. The number of anilines is 1. The molecule has 5 nitrogen and oxygen atoms in total. The number of benzene rings is 1. The van der Waals surface area contributed by atoms with E-state index in [0.717, 1.165) is 0 Å². The molecule has 3 rings (SSSR count). The topological polar surface area (TPSA) is 71.3 Å². The van der Waals surface area contributed by atoms with Crippen molar-refractivity contribution in [1.82, 2.24) is 5.32 Å². The molecule has 122 valence electrons. The van der Waals surface area contributed by atoms with Crippen LogP contribution in [0, 0.1) is 0 Å². The normalized spacial score (nSPS) is 11.7. The number of furan rings is 1. The first-order valence-electron chi connectivity index (χ1n) is 7.42. The van der Waals surface area contributed by atoms with Crippen molar-refractivity contribution in [2.75, 3.05) is 5.32 Å². The summed E-state index contributed by atoms with van der Waals surface area (Å²) in [6, 6.07) is 13.7. The van der Waals surface area contributed by atoms with Crippen LogP contribution in [0.5, 0.6) is 0 Å². The van der Waals surface area contributed by atoms with Gasteiger partial charge in [-0.3, -0.25) is 9.59 Å². The van der Waals surface area contributed by atoms with Crippen LogP contribution in [0.4, 0.5) is 5.69 Å². The van der Waals surface area contributed by atoms with Gasteiger partial charge in [0.25, 0.3) is 11.8 Å². The fourth-order valence-corrected chi connectivity index (χ4v) is 2.85. The highest BCUT2D eigenvalue weighted by Gasteiger charge is 2.14. The second kappa shape index (κ2) is 7.14. The number of carbonyl (C=O) groups excluding carboxylic acids is 2. The number of hydrogen-bond acceptors (Lipinski definition) is 4. The Kier molecular flexibility index (Phi) is 4.77. The molecule has 0 bridgehead atoms. The Bertz CT molecular complexity index is 826. The van der Waals surface area contributed by atoms with Crippen molar-refractivity contribution in [1.29, 1.82) is 0 Å². The van der Waals surface area contributed by atoms with Crippen LogP contribution in [0.3, 0.4) is 0 Å². The molecule has 0 unspecified atom stereocenters. The molecular formula is C18H16N2O3S. The highest BCUT2D eigenvalue weighted by molar-refractivity contribution is 7.12. The van der Waals surface area contributed by atoms with Gasteiger partial charge >= 0.3 is 0 Å². The van der Waals surface area contributed by atoms with Gasteiger partial charge < -0.3 is 15.1 Å². The van der Waals surface area contributed by atoms with E-state index < -0.39 is 0 Å². The minimum absolute atomic E-state index is 0.188. The summed E-state index contributed by atoms with van der Waals surface area (Å²) in [6.07, 6.45) is 1.57. The first-order valence-corrected chi connectivity index (χ1v) is 8.30. The predicted molar refractivity (Wildman–Crippen MR) is 93.3 cm³/mol. The average molecular weight is 340 g/mol. The van der Waals surface area contributed by atoms with Crippen molar-refractivity contribution < 1.29 is 14.0 Å². The maximum absolute atomic E-state index is 12.4. The maximum Gasteiger partial charge on any atom is 0.265 e. The summed E-state index contributed by atoms with van der Waals surface area (Å²) in [5, 5.41) is 7.50. The molecule has 0 saturated carbocycles. The van der Waals surface area contributed by atoms with E-state index in [1.54, 1.807) is 42.7 Å². The molecular weight excluding hydrogens is 324 g/mol. The maximum atomic E-state index is 12.4. The smallest absolute Gasteiger partial charge is 0.265 e. The van der Waals surface area contributed by atoms with Gasteiger partial charge in [-0.15, -0.1) is 11.3 Å². The summed E-state index contributed by atoms with van der Waals surface area (Å²) in [5.41, 5.74) is 1.05. The van der Waals surface area contributed by atoms with E-state index in [-0.39, 0.29) is 17.9 Å². The first kappa shape index (κ1) is 16.0. The lowest BCUT2D eigenvalue weighted by Gasteiger charge is -2.12. The molecule has 2 aromatic heterocycles. The molecule has 6 heteroatoms. The second-order valence-electron chi connectivity index (χ2n) is 5.22. The second-order valence-corrected chi connectivity index (χ2v) is 6.17. The molecule has 0 aliphatic carbocycles. The number of thiophene rings is 1. The van der Waals surface area contributed by atoms with E-state index in [1.807, 2.05) is 24.4 Å². The molecule has 3 aromatic rings. The Morgan fingerprint density at radius 3 is 2.67 bits per heavy atom. The van der Waals surface area contributed by atoms with Crippen LogP contribution >= 0.6 is 11.3 Å². The molecule has 2 heterocycles. The third kappa shape index (κ3) is 3.72. The standard InChI is InChI=1S/C18H16N2O3S/c1-12(15-7-3-9-23-15)19-17(21)13-5-2-6-14(11-13)20-18(22)16-8-4-10-24-16/h2-12H,1H3,(H,19,21)(H,20,22)/t12-/m0/s1. The number of carbonyl (C=O) groups is 2. The van der Waals surface area contributed by atoms with Crippen molar-refractivity contribution in [2.45, 2.75) is 13.0 Å². The summed E-state index contributed by atoms with van der Waals surface area (Å²) in [7, 11) is 0. The lowest BCUT2D eigenvalue weighted by molar-refractivity contribution is 0.0934. The summed E-state index contributed by atoms with van der Waals surface area (Å²) in [4.78, 5) is 25.1. The Morgan fingerprint density at radius 2 is 1.96 bits per heavy atom. The van der Waals surface area contributed by atoms with Gasteiger partial charge in [0.05, 0.1) is 17.2 Å². The Balaban J connectivity index is 1.68. The van der Waals surface area contributed by atoms with Crippen molar-refractivity contribution in [3.05, 3.63) is 76.4 Å². The molecule has 0 fully saturated rings. The van der Waals surface area contributed by atoms with Crippen LogP contribution in [0.25, 0.3) is 0 Å². The Hall–Kier alpha value is -2.86. The fourth-order valence-electron chi connectivity index (χ4n) is 2.23. The Morgan fingerprint density at radius 1 is 1.08 bits per heavy atom. The third-order valence-electron chi connectivity index (χ3n) is 3.45. The summed E-state index contributed by atoms with van der Waals surface area (Å²) < 4.78 is 5.28. The van der Waals surface area contributed by atoms with Crippen molar-refractivity contribution in [3.63, 3.8) is 0 Å². The molecule has 0 spiro atoms. The molecule has 0 radical (unpaired) electrons. The highest BCUT2D eigenvalue weighted by atomic mass is 32.1. The van der Waals surface area contributed by atoms with Crippen LogP contribution in [-0.2, 0) is 0 Å². The zero-order chi connectivity index (χ0) is 16.9. The van der Waals surface area contributed by atoms with Crippen LogP contribution in [0.1, 0.15) is 38.8 Å². The first-order chi connectivity index (χ1) is 11.6. The van der Waals surface area contributed by atoms with Gasteiger partial charge in [-0.2, -0.15) is 0 Å². The molecule has 2 N–H and O–H groups in total. The number of rotatable bonds is 5. The minimum atomic E-state index is -0.239. The quantitative estimate of drug-likeness (QED) is 0.735. The van der Waals surface area contributed by atoms with Gasteiger partial charge in [0, 0.05) is 11.3 Å². The van der Waals surface area contributed by atoms with Crippen LogP contribution in [-0.4, -0.2) is 11.8 Å². The van der Waals surface area contributed by atoms with Crippen LogP contribution < -0.4 is 10.6 Å². The number of nitrogens with one attached hydrogen (secondary N) is 2. The average Bonchev–Trinajstić information content (AvgIpc) is 3.28. The van der Waals surface area contributed by atoms with Gasteiger partial charge in [-0.05, 0) is 48.7 Å². The van der Waals surface area contributed by atoms with Gasteiger partial charge in [-0.1, -0.05) is 12.1 Å². The SMILES string of the molecule is C[C@H](NC(=O)c1cccc(NC(=O)c2cccs2)c1)c1ccco1. The lowest BCUT2D eigenvalue weighted by Crippen LogP contribution is -2.26. The predicted octanol–water partition coefficient (Wildman–Crippen LogP) is 4.08. The van der Waals surface area contributed by atoms with Gasteiger partial charge in [0.1, 0.15) is 5.76 Å². The summed E-state index contributed by atoms with van der Waals surface area (Å²) >= 11 is 1.37. The molecule has 24 heavy (non-hydrogen) atoms. The molecule has 1 atom stereocenters. The number of hydrogen-bond donors (Lipinski definition) is 2. The lowest BCUT2D eigenvalue weighted by atomic mass is 10.1. The van der Waals surface area contributed by atoms with E-state index in [9.17, 15) is 9.59 Å². The van der Waals surface area contributed by atoms with Gasteiger partial charge in [0.15, 0.2) is 0 Å². The van der Waals surface area contributed by atoms with Crippen LogP contribution in [0.15, 0.2) is 64.6 Å². The summed E-state index contributed by atoms with van der Waals surface area (Å²) in [6.45, 7) is 1.85. The monoisotopic (exact) mass is 340 g/mol. The van der Waals surface area contributed by atoms with E-state index >= 15 is 0 Å². The third-order valence-corrected chi connectivity index (χ3v) is 4.31. The van der Waals surface area contributed by atoms with E-state index in [4.69, 9.17) is 4.42 Å². The minimum Gasteiger partial charge on any atom is -0.467 e. The zero-order valence-corrected chi connectivity index (χ0v) is 13.8. The van der Waals surface area contributed by atoms with E-state index in [2.05, 4.69) is 10.6 Å². The molecule has 0 aliphatic rings. The van der Waals surface area contributed by atoms with Gasteiger partial charge in [0.2, 0.25) is 0 Å². The zero-order valence-electron chi connectivity index (χ0n) is 13.0. The molecule has 1 aromatic carbocycles. The largest absolute Gasteiger partial charge is 0.467 e. The van der Waals surface area contributed by atoms with Gasteiger partial charge in [-0.25, -0.2) is 0 Å². The molecule has 0 aliphatic heterocycles. The van der Waals surface area contributed by atoms with E-state index in [1.165, 1.54) is 11.3 Å². The number of amides is 2.